The summed E-state index contributed by atoms with van der Waals surface area (Å²) in [6, 6.07) is 5.99. The fourth-order valence-electron chi connectivity index (χ4n) is 1.43. The van der Waals surface area contributed by atoms with E-state index in [0.29, 0.717) is 0 Å². The van der Waals surface area contributed by atoms with Crippen LogP contribution in [0.5, 0.6) is 0 Å². The first-order chi connectivity index (χ1) is 5.93. The highest BCUT2D eigenvalue weighted by atomic mass is 15.0. The molecule has 0 saturated heterocycles. The van der Waals surface area contributed by atoms with Crippen molar-refractivity contribution in [3.8, 4) is 0 Å². The maximum Gasteiger partial charge on any atom is 0.141 e. The largest absolute Gasteiger partial charge is 0.346 e. The third kappa shape index (κ3) is 0.625. The first kappa shape index (κ1) is 5.83. The molecule has 0 aliphatic heterocycles. The van der Waals surface area contributed by atoms with E-state index in [-0.39, 0.29) is 0 Å². The molecule has 3 heteroatoms. The van der Waals surface area contributed by atoms with Gasteiger partial charge in [0, 0.05) is 24.0 Å². The first-order valence-electron chi connectivity index (χ1n) is 3.84. The number of fused-ring (bicyclic) bond motifs is 2. The lowest BCUT2D eigenvalue weighted by molar-refractivity contribution is 1.16. The third-order valence-electron chi connectivity index (χ3n) is 2.02. The van der Waals surface area contributed by atoms with E-state index in [0.717, 1.165) is 16.7 Å². The molecule has 58 valence electrons. The van der Waals surface area contributed by atoms with Gasteiger partial charge in [-0.25, -0.2) is 4.98 Å². The normalized spacial score (nSPS) is 11.3. The summed E-state index contributed by atoms with van der Waals surface area (Å²) in [5.74, 6) is 0. The zero-order valence-corrected chi connectivity index (χ0v) is 6.36. The molecule has 0 atom stereocenters. The van der Waals surface area contributed by atoms with E-state index in [4.69, 9.17) is 0 Å². The van der Waals surface area contributed by atoms with Gasteiger partial charge in [-0.3, -0.25) is 0 Å². The van der Waals surface area contributed by atoms with E-state index in [2.05, 4.69) is 16.2 Å². The summed E-state index contributed by atoms with van der Waals surface area (Å²) in [7, 11) is 0. The van der Waals surface area contributed by atoms with E-state index in [1.807, 2.05) is 35.0 Å². The van der Waals surface area contributed by atoms with Crippen LogP contribution in [0.25, 0.3) is 16.7 Å². The summed E-state index contributed by atoms with van der Waals surface area (Å²) in [6.45, 7) is 0. The Bertz CT molecular complexity index is 442. The van der Waals surface area contributed by atoms with Gasteiger partial charge in [0.15, 0.2) is 0 Å². The van der Waals surface area contributed by atoms with Gasteiger partial charge in [-0.1, -0.05) is 0 Å². The fourth-order valence-corrected chi connectivity index (χ4v) is 1.43. The number of H-pyrrole nitrogens is 1. The maximum atomic E-state index is 4.41. The quantitative estimate of drug-likeness (QED) is 0.530. The Morgan fingerprint density at radius 1 is 1.33 bits per heavy atom. The Kier molecular flexibility index (Phi) is 0.913. The summed E-state index contributed by atoms with van der Waals surface area (Å²) in [4.78, 5) is 7.48. The number of nitrogens with one attached hydrogen (secondary N) is 1. The average Bonchev–Trinajstić information content (AvgIpc) is 2.64. The van der Waals surface area contributed by atoms with Gasteiger partial charge < -0.3 is 9.38 Å². The van der Waals surface area contributed by atoms with Crippen LogP contribution in [0.4, 0.5) is 0 Å². The van der Waals surface area contributed by atoms with Crippen molar-refractivity contribution in [1.82, 2.24) is 14.4 Å². The monoisotopic (exact) mass is 157 g/mol. The zero-order valence-electron chi connectivity index (χ0n) is 6.36. The molecular weight excluding hydrogens is 150 g/mol. The highest BCUT2D eigenvalue weighted by Gasteiger charge is 1.97. The second-order valence-corrected chi connectivity index (χ2v) is 2.80. The molecule has 0 amide bonds. The van der Waals surface area contributed by atoms with Crippen LogP contribution in [0.15, 0.2) is 36.8 Å². The predicted octanol–water partition coefficient (Wildman–Crippen LogP) is 1.82. The van der Waals surface area contributed by atoms with Crippen LogP contribution in [-0.4, -0.2) is 14.4 Å². The number of hydrogen-bond acceptors (Lipinski definition) is 1. The van der Waals surface area contributed by atoms with Crippen molar-refractivity contribution in [3.63, 3.8) is 0 Å². The van der Waals surface area contributed by atoms with Crippen LogP contribution < -0.4 is 0 Å². The van der Waals surface area contributed by atoms with Crippen LogP contribution in [0.3, 0.4) is 0 Å². The van der Waals surface area contributed by atoms with Crippen LogP contribution >= 0.6 is 0 Å². The summed E-state index contributed by atoms with van der Waals surface area (Å²) >= 11 is 0. The molecule has 3 nitrogen and oxygen atoms in total. The number of aromatic amines is 1. The Morgan fingerprint density at radius 2 is 2.33 bits per heavy atom. The van der Waals surface area contributed by atoms with Crippen molar-refractivity contribution >= 4 is 16.7 Å². The SMILES string of the molecule is c1cc2nc3[nH]ccc3cn2c1. The number of rotatable bonds is 0. The summed E-state index contributed by atoms with van der Waals surface area (Å²) in [6.07, 6.45) is 5.96. The lowest BCUT2D eigenvalue weighted by atomic mass is 10.4. The molecule has 0 aliphatic carbocycles. The minimum Gasteiger partial charge on any atom is -0.346 e. The van der Waals surface area contributed by atoms with E-state index in [1.54, 1.807) is 0 Å². The molecule has 0 spiro atoms. The fraction of sp³-hybridized carbons (Fsp3) is 0. The van der Waals surface area contributed by atoms with Crippen LogP contribution in [0.2, 0.25) is 0 Å². The molecule has 0 unspecified atom stereocenters. The third-order valence-corrected chi connectivity index (χ3v) is 2.02. The minimum absolute atomic E-state index is 0.946. The van der Waals surface area contributed by atoms with Gasteiger partial charge >= 0.3 is 0 Å². The molecule has 0 saturated carbocycles. The number of nitrogens with zero attached hydrogens (tertiary/aromatic N) is 2. The van der Waals surface area contributed by atoms with Gasteiger partial charge in [0.05, 0.1) is 0 Å². The lowest BCUT2D eigenvalue weighted by Gasteiger charge is -1.93. The molecule has 3 aromatic rings. The molecular formula is C9H7N3. The lowest BCUT2D eigenvalue weighted by Crippen LogP contribution is -1.85. The van der Waals surface area contributed by atoms with Crippen molar-refractivity contribution in [2.24, 2.45) is 0 Å². The van der Waals surface area contributed by atoms with Gasteiger partial charge in [-0.2, -0.15) is 0 Å². The molecule has 0 aliphatic rings. The van der Waals surface area contributed by atoms with Crippen LogP contribution in [0, 0.1) is 0 Å². The molecule has 3 rings (SSSR count). The van der Waals surface area contributed by atoms with Crippen molar-refractivity contribution in [3.05, 3.63) is 36.8 Å². The van der Waals surface area contributed by atoms with Crippen molar-refractivity contribution in [1.29, 1.82) is 0 Å². The highest BCUT2D eigenvalue weighted by molar-refractivity contribution is 5.76. The van der Waals surface area contributed by atoms with Crippen molar-refractivity contribution < 1.29 is 0 Å². The molecule has 0 fully saturated rings. The smallest absolute Gasteiger partial charge is 0.141 e. The molecule has 12 heavy (non-hydrogen) atoms. The van der Waals surface area contributed by atoms with Crippen molar-refractivity contribution in [2.45, 2.75) is 0 Å². The number of hydrogen-bond donors (Lipinski definition) is 1. The van der Waals surface area contributed by atoms with E-state index < -0.39 is 0 Å². The predicted molar refractivity (Wildman–Crippen MR) is 47.0 cm³/mol. The highest BCUT2D eigenvalue weighted by Crippen LogP contribution is 2.11. The Labute approximate surface area is 68.7 Å². The Balaban J connectivity index is 2.62. The second-order valence-electron chi connectivity index (χ2n) is 2.80. The minimum atomic E-state index is 0.946. The van der Waals surface area contributed by atoms with Gasteiger partial charge in [0.25, 0.3) is 0 Å². The summed E-state index contributed by atoms with van der Waals surface area (Å²) in [5, 5.41) is 1.14. The average molecular weight is 157 g/mol. The van der Waals surface area contributed by atoms with Gasteiger partial charge in [0.2, 0.25) is 0 Å². The second kappa shape index (κ2) is 1.88. The van der Waals surface area contributed by atoms with Crippen molar-refractivity contribution in [2.75, 3.05) is 0 Å². The Morgan fingerprint density at radius 3 is 3.33 bits per heavy atom. The summed E-state index contributed by atoms with van der Waals surface area (Å²) < 4.78 is 2.01. The topological polar surface area (TPSA) is 33.1 Å². The van der Waals surface area contributed by atoms with Gasteiger partial charge in [0.1, 0.15) is 11.3 Å². The zero-order chi connectivity index (χ0) is 7.97. The Hall–Kier alpha value is -1.77. The van der Waals surface area contributed by atoms with Gasteiger partial charge in [-0.15, -0.1) is 0 Å². The standard InChI is InChI=1S/C9H7N3/c1-2-8-11-9-7(3-4-10-9)6-12(8)5-1/h1-6H,(H,10,11). The molecule has 0 bridgehead atoms. The molecule has 1 N–H and O–H groups in total. The maximum absolute atomic E-state index is 4.41. The first-order valence-corrected chi connectivity index (χ1v) is 3.84. The van der Waals surface area contributed by atoms with Crippen LogP contribution in [0.1, 0.15) is 0 Å². The molecule has 3 aromatic heterocycles. The van der Waals surface area contributed by atoms with E-state index in [9.17, 15) is 0 Å². The van der Waals surface area contributed by atoms with E-state index in [1.165, 1.54) is 0 Å². The van der Waals surface area contributed by atoms with E-state index >= 15 is 0 Å². The summed E-state index contributed by atoms with van der Waals surface area (Å²) in [5.41, 5.74) is 1.92. The molecule has 0 radical (unpaired) electrons. The van der Waals surface area contributed by atoms with Gasteiger partial charge in [-0.05, 0) is 18.2 Å². The molecule has 3 heterocycles. The number of aromatic nitrogens is 3. The van der Waals surface area contributed by atoms with Crippen LogP contribution in [-0.2, 0) is 0 Å². The molecule has 0 aromatic carbocycles.